The number of benzene rings is 1. The summed E-state index contributed by atoms with van der Waals surface area (Å²) in [5.74, 6) is -0.151. The van der Waals surface area contributed by atoms with Crippen molar-refractivity contribution in [3.05, 3.63) is 29.8 Å². The lowest BCUT2D eigenvalue weighted by molar-refractivity contribution is -0.119. The van der Waals surface area contributed by atoms with E-state index in [9.17, 15) is 13.2 Å². The van der Waals surface area contributed by atoms with Crippen molar-refractivity contribution in [2.45, 2.75) is 45.7 Å². The number of rotatable bonds is 8. The molecule has 0 spiro atoms. The fraction of sp³-hybridized carbons (Fsp3) is 0.588. The summed E-state index contributed by atoms with van der Waals surface area (Å²) in [6.45, 7) is 5.92. The summed E-state index contributed by atoms with van der Waals surface area (Å²) in [6, 6.07) is 7.03. The molecular formula is C17H27N3O3S. The molecule has 1 aromatic rings. The Labute approximate surface area is 144 Å². The minimum absolute atomic E-state index is 0.0922. The molecule has 1 saturated heterocycles. The molecule has 0 bridgehead atoms. The zero-order chi connectivity index (χ0) is 17.6. The van der Waals surface area contributed by atoms with Crippen molar-refractivity contribution in [3.63, 3.8) is 0 Å². The molecule has 1 fully saturated rings. The number of carbonyl (C=O) groups excluding carboxylic acids is 1. The van der Waals surface area contributed by atoms with Gasteiger partial charge in [0.1, 0.15) is 6.04 Å². The van der Waals surface area contributed by atoms with E-state index in [0.717, 1.165) is 25.1 Å². The van der Waals surface area contributed by atoms with Crippen molar-refractivity contribution in [3.8, 4) is 0 Å². The van der Waals surface area contributed by atoms with E-state index in [1.165, 1.54) is 4.31 Å². The molecule has 2 N–H and O–H groups in total. The Morgan fingerprint density at radius 3 is 2.83 bits per heavy atom. The van der Waals surface area contributed by atoms with Crippen LogP contribution in [0.1, 0.15) is 38.7 Å². The van der Waals surface area contributed by atoms with Crippen molar-refractivity contribution in [2.24, 2.45) is 0 Å². The third kappa shape index (κ3) is 4.78. The van der Waals surface area contributed by atoms with Crippen LogP contribution in [0.25, 0.3) is 0 Å². The number of anilines is 1. The van der Waals surface area contributed by atoms with Gasteiger partial charge < -0.3 is 10.6 Å². The van der Waals surface area contributed by atoms with Gasteiger partial charge in [0.05, 0.1) is 5.75 Å². The molecular weight excluding hydrogens is 326 g/mol. The third-order valence-corrected chi connectivity index (χ3v) is 6.18. The van der Waals surface area contributed by atoms with Crippen LogP contribution in [0, 0.1) is 0 Å². The number of nitrogens with one attached hydrogen (secondary N) is 2. The van der Waals surface area contributed by atoms with Crippen LogP contribution in [0.5, 0.6) is 0 Å². The summed E-state index contributed by atoms with van der Waals surface area (Å²) in [5.41, 5.74) is 1.78. The van der Waals surface area contributed by atoms with E-state index in [1.54, 1.807) is 0 Å². The van der Waals surface area contributed by atoms with E-state index >= 15 is 0 Å². The SMILES string of the molecule is CCCS(=O)(=O)N1CCCC1C(=O)Nc1cccc(CNCC)c1. The van der Waals surface area contributed by atoms with Crippen LogP contribution in [0.15, 0.2) is 24.3 Å². The maximum absolute atomic E-state index is 12.6. The van der Waals surface area contributed by atoms with Gasteiger partial charge in [0.15, 0.2) is 0 Å². The highest BCUT2D eigenvalue weighted by molar-refractivity contribution is 7.89. The van der Waals surface area contributed by atoms with Crippen LogP contribution < -0.4 is 10.6 Å². The molecule has 134 valence electrons. The Kier molecular flexibility index (Phi) is 6.77. The van der Waals surface area contributed by atoms with Crippen LogP contribution >= 0.6 is 0 Å². The lowest BCUT2D eigenvalue weighted by Crippen LogP contribution is -2.44. The molecule has 1 amide bonds. The molecule has 0 aromatic heterocycles. The van der Waals surface area contributed by atoms with Gasteiger partial charge in [0.25, 0.3) is 0 Å². The molecule has 1 aromatic carbocycles. The molecule has 7 heteroatoms. The summed E-state index contributed by atoms with van der Waals surface area (Å²) in [6.07, 6.45) is 1.85. The third-order valence-electron chi connectivity index (χ3n) is 4.10. The molecule has 0 aliphatic carbocycles. The van der Waals surface area contributed by atoms with Gasteiger partial charge in [-0.25, -0.2) is 8.42 Å². The average molecular weight is 353 g/mol. The molecule has 6 nitrogen and oxygen atoms in total. The second-order valence-electron chi connectivity index (χ2n) is 6.05. The first-order chi connectivity index (χ1) is 11.5. The van der Waals surface area contributed by atoms with Crippen LogP contribution in [0.3, 0.4) is 0 Å². The minimum atomic E-state index is -3.35. The van der Waals surface area contributed by atoms with Crippen molar-refractivity contribution in [1.29, 1.82) is 0 Å². The normalized spacial score (nSPS) is 18.7. The molecule has 24 heavy (non-hydrogen) atoms. The highest BCUT2D eigenvalue weighted by Gasteiger charge is 2.38. The summed E-state index contributed by atoms with van der Waals surface area (Å²) in [4.78, 5) is 12.6. The van der Waals surface area contributed by atoms with Crippen molar-refractivity contribution in [1.82, 2.24) is 9.62 Å². The number of hydrogen-bond donors (Lipinski definition) is 2. The van der Waals surface area contributed by atoms with E-state index in [1.807, 2.05) is 38.1 Å². The maximum Gasteiger partial charge on any atom is 0.242 e. The molecule has 1 aliphatic heterocycles. The van der Waals surface area contributed by atoms with Gasteiger partial charge >= 0.3 is 0 Å². The quantitative estimate of drug-likeness (QED) is 0.749. The maximum atomic E-state index is 12.6. The number of carbonyl (C=O) groups is 1. The number of nitrogens with zero attached hydrogens (tertiary/aromatic N) is 1. The highest BCUT2D eigenvalue weighted by atomic mass is 32.2. The zero-order valence-electron chi connectivity index (χ0n) is 14.4. The number of hydrogen-bond acceptors (Lipinski definition) is 4. The van der Waals surface area contributed by atoms with Gasteiger partial charge in [-0.05, 0) is 43.5 Å². The van der Waals surface area contributed by atoms with Crippen molar-refractivity contribution < 1.29 is 13.2 Å². The Bertz CT molecular complexity index is 661. The van der Waals surface area contributed by atoms with Crippen molar-refractivity contribution in [2.75, 3.05) is 24.2 Å². The van der Waals surface area contributed by atoms with E-state index in [2.05, 4.69) is 10.6 Å². The number of amides is 1. The molecule has 1 aliphatic rings. The van der Waals surface area contributed by atoms with Crippen molar-refractivity contribution >= 4 is 21.6 Å². The van der Waals surface area contributed by atoms with E-state index in [-0.39, 0.29) is 11.7 Å². The molecule has 0 radical (unpaired) electrons. The van der Waals surface area contributed by atoms with Crippen LogP contribution in [-0.2, 0) is 21.4 Å². The van der Waals surface area contributed by atoms with Crippen LogP contribution in [0.4, 0.5) is 5.69 Å². The van der Waals surface area contributed by atoms with Gasteiger partial charge in [0.2, 0.25) is 15.9 Å². The Morgan fingerprint density at radius 1 is 1.33 bits per heavy atom. The standard InChI is InChI=1S/C17H27N3O3S/c1-3-11-24(22,23)20-10-6-9-16(20)17(21)19-15-8-5-7-14(12-15)13-18-4-2/h5,7-8,12,16,18H,3-4,6,9-11,13H2,1-2H3,(H,19,21). The smallest absolute Gasteiger partial charge is 0.242 e. The van der Waals surface area contributed by atoms with Gasteiger partial charge in [-0.3, -0.25) is 4.79 Å². The first-order valence-corrected chi connectivity index (χ1v) is 10.2. The van der Waals surface area contributed by atoms with Crippen LogP contribution in [-0.4, -0.2) is 43.5 Å². The Morgan fingerprint density at radius 2 is 2.12 bits per heavy atom. The largest absolute Gasteiger partial charge is 0.325 e. The van der Waals surface area contributed by atoms with Gasteiger partial charge in [-0.15, -0.1) is 0 Å². The summed E-state index contributed by atoms with van der Waals surface area (Å²) >= 11 is 0. The molecule has 1 unspecified atom stereocenters. The first-order valence-electron chi connectivity index (χ1n) is 8.58. The molecule has 1 heterocycles. The zero-order valence-corrected chi connectivity index (χ0v) is 15.2. The van der Waals surface area contributed by atoms with E-state index in [0.29, 0.717) is 25.1 Å². The van der Waals surface area contributed by atoms with Gasteiger partial charge in [0, 0.05) is 18.8 Å². The summed E-state index contributed by atoms with van der Waals surface area (Å²) in [7, 11) is -3.35. The predicted octanol–water partition coefficient (Wildman–Crippen LogP) is 1.94. The summed E-state index contributed by atoms with van der Waals surface area (Å²) in [5, 5.41) is 6.11. The molecule has 2 rings (SSSR count). The lowest BCUT2D eigenvalue weighted by atomic mass is 10.1. The van der Waals surface area contributed by atoms with E-state index in [4.69, 9.17) is 0 Å². The van der Waals surface area contributed by atoms with Gasteiger partial charge in [-0.2, -0.15) is 4.31 Å². The monoisotopic (exact) mass is 353 g/mol. The van der Waals surface area contributed by atoms with E-state index < -0.39 is 16.1 Å². The topological polar surface area (TPSA) is 78.5 Å². The Balaban J connectivity index is 2.06. The predicted molar refractivity (Wildman–Crippen MR) is 96.3 cm³/mol. The molecule has 0 saturated carbocycles. The van der Waals surface area contributed by atoms with Crippen LogP contribution in [0.2, 0.25) is 0 Å². The fourth-order valence-corrected chi connectivity index (χ4v) is 4.71. The minimum Gasteiger partial charge on any atom is -0.325 e. The second-order valence-corrected chi connectivity index (χ2v) is 8.10. The fourth-order valence-electron chi connectivity index (χ4n) is 2.96. The number of sulfonamides is 1. The first kappa shape index (κ1) is 18.9. The highest BCUT2D eigenvalue weighted by Crippen LogP contribution is 2.23. The lowest BCUT2D eigenvalue weighted by Gasteiger charge is -2.23. The second kappa shape index (κ2) is 8.60. The molecule has 1 atom stereocenters. The Hall–Kier alpha value is -1.44. The van der Waals surface area contributed by atoms with Gasteiger partial charge in [-0.1, -0.05) is 26.0 Å². The average Bonchev–Trinajstić information content (AvgIpc) is 3.04. The summed E-state index contributed by atoms with van der Waals surface area (Å²) < 4.78 is 26.0.